The summed E-state index contributed by atoms with van der Waals surface area (Å²) < 4.78 is 26.3. The normalized spacial score (nSPS) is 16.3. The number of hydrogen-bond acceptors (Lipinski definition) is 2. The maximum atomic E-state index is 13.5. The van der Waals surface area contributed by atoms with Gasteiger partial charge in [0, 0.05) is 38.8 Å². The fourth-order valence-corrected chi connectivity index (χ4v) is 2.44. The summed E-state index contributed by atoms with van der Waals surface area (Å²) in [5, 5.41) is 2.49. The van der Waals surface area contributed by atoms with Crippen molar-refractivity contribution in [3.63, 3.8) is 0 Å². The molecule has 1 aromatic rings. The first-order chi connectivity index (χ1) is 9.95. The molecule has 1 heterocycles. The summed E-state index contributed by atoms with van der Waals surface area (Å²) in [7, 11) is 0. The van der Waals surface area contributed by atoms with Crippen molar-refractivity contribution in [3.8, 4) is 0 Å². The average molecular weight is 297 g/mol. The second-order valence-electron chi connectivity index (χ2n) is 5.74. The van der Waals surface area contributed by atoms with E-state index in [9.17, 15) is 13.6 Å². The van der Waals surface area contributed by atoms with Crippen molar-refractivity contribution >= 4 is 11.7 Å². The van der Waals surface area contributed by atoms with Gasteiger partial charge in [-0.25, -0.2) is 13.6 Å². The van der Waals surface area contributed by atoms with Crippen LogP contribution in [0.2, 0.25) is 0 Å². The summed E-state index contributed by atoms with van der Waals surface area (Å²) in [5.74, 6) is -0.826. The third-order valence-electron chi connectivity index (χ3n) is 3.46. The summed E-state index contributed by atoms with van der Waals surface area (Å²) in [4.78, 5) is 16.0. The molecule has 0 aromatic heterocycles. The molecule has 116 valence electrons. The Kier molecular flexibility index (Phi) is 5.12. The van der Waals surface area contributed by atoms with Crippen LogP contribution in [-0.2, 0) is 0 Å². The van der Waals surface area contributed by atoms with E-state index in [2.05, 4.69) is 24.1 Å². The number of carbonyl (C=O) groups excluding carboxylic acids is 1. The smallest absolute Gasteiger partial charge is 0.322 e. The molecule has 2 rings (SSSR count). The number of halogens is 2. The maximum absolute atomic E-state index is 13.5. The molecule has 1 N–H and O–H groups in total. The fourth-order valence-electron chi connectivity index (χ4n) is 2.44. The molecular weight excluding hydrogens is 276 g/mol. The minimum Gasteiger partial charge on any atom is -0.322 e. The average Bonchev–Trinajstić information content (AvgIpc) is 2.42. The summed E-state index contributed by atoms with van der Waals surface area (Å²) in [6.45, 7) is 8.20. The Morgan fingerprint density at radius 3 is 2.48 bits per heavy atom. The fraction of sp³-hybridized carbons (Fsp3) is 0.533. The van der Waals surface area contributed by atoms with Gasteiger partial charge in [0.2, 0.25) is 0 Å². The maximum Gasteiger partial charge on any atom is 0.322 e. The SMILES string of the molecule is CC(C)CN1CCN(C(=O)Nc2ccc(F)cc2F)CC1. The number of nitrogens with one attached hydrogen (secondary N) is 1. The van der Waals surface area contributed by atoms with E-state index in [1.807, 2.05) is 0 Å². The zero-order valence-corrected chi connectivity index (χ0v) is 12.4. The van der Waals surface area contributed by atoms with E-state index in [4.69, 9.17) is 0 Å². The molecule has 0 aliphatic carbocycles. The van der Waals surface area contributed by atoms with Crippen molar-refractivity contribution in [2.45, 2.75) is 13.8 Å². The predicted octanol–water partition coefficient (Wildman–Crippen LogP) is 2.77. The lowest BCUT2D eigenvalue weighted by atomic mass is 10.2. The van der Waals surface area contributed by atoms with E-state index in [1.54, 1.807) is 4.90 Å². The van der Waals surface area contributed by atoms with Crippen molar-refractivity contribution < 1.29 is 13.6 Å². The minimum absolute atomic E-state index is 0.00556. The highest BCUT2D eigenvalue weighted by molar-refractivity contribution is 5.89. The molecule has 2 amide bonds. The third-order valence-corrected chi connectivity index (χ3v) is 3.46. The van der Waals surface area contributed by atoms with Crippen LogP contribution in [0, 0.1) is 17.6 Å². The number of rotatable bonds is 3. The number of urea groups is 1. The van der Waals surface area contributed by atoms with E-state index in [-0.39, 0.29) is 11.7 Å². The first kappa shape index (κ1) is 15.7. The first-order valence-electron chi connectivity index (χ1n) is 7.19. The van der Waals surface area contributed by atoms with E-state index >= 15 is 0 Å². The van der Waals surface area contributed by atoms with E-state index in [0.717, 1.165) is 31.8 Å². The second-order valence-corrected chi connectivity index (χ2v) is 5.74. The first-order valence-corrected chi connectivity index (χ1v) is 7.19. The van der Waals surface area contributed by atoms with Crippen molar-refractivity contribution in [1.82, 2.24) is 9.80 Å². The summed E-state index contributed by atoms with van der Waals surface area (Å²) in [5.41, 5.74) is 0.00556. The summed E-state index contributed by atoms with van der Waals surface area (Å²) in [6.07, 6.45) is 0. The molecule has 6 heteroatoms. The number of hydrogen-bond donors (Lipinski definition) is 1. The highest BCUT2D eigenvalue weighted by Crippen LogP contribution is 2.16. The van der Waals surface area contributed by atoms with Gasteiger partial charge in [-0.2, -0.15) is 0 Å². The molecule has 1 aromatic carbocycles. The van der Waals surface area contributed by atoms with Gasteiger partial charge in [-0.1, -0.05) is 13.8 Å². The zero-order chi connectivity index (χ0) is 15.4. The largest absolute Gasteiger partial charge is 0.322 e. The molecule has 21 heavy (non-hydrogen) atoms. The summed E-state index contributed by atoms with van der Waals surface area (Å²) >= 11 is 0. The Morgan fingerprint density at radius 1 is 1.24 bits per heavy atom. The molecule has 4 nitrogen and oxygen atoms in total. The molecular formula is C15H21F2N3O. The lowest BCUT2D eigenvalue weighted by Crippen LogP contribution is -2.50. The van der Waals surface area contributed by atoms with Gasteiger partial charge in [-0.3, -0.25) is 4.90 Å². The van der Waals surface area contributed by atoms with Gasteiger partial charge in [-0.15, -0.1) is 0 Å². The number of piperazine rings is 1. The lowest BCUT2D eigenvalue weighted by Gasteiger charge is -2.35. The van der Waals surface area contributed by atoms with Gasteiger partial charge in [0.05, 0.1) is 5.69 Å². The Morgan fingerprint density at radius 2 is 1.90 bits per heavy atom. The van der Waals surface area contributed by atoms with E-state index in [1.165, 1.54) is 6.07 Å². The Hall–Kier alpha value is -1.69. The van der Waals surface area contributed by atoms with Gasteiger partial charge in [0.25, 0.3) is 0 Å². The molecule has 1 aliphatic rings. The molecule has 1 aliphatic heterocycles. The van der Waals surface area contributed by atoms with Gasteiger partial charge in [0.15, 0.2) is 0 Å². The molecule has 0 spiro atoms. The van der Waals surface area contributed by atoms with Crippen LogP contribution >= 0.6 is 0 Å². The molecule has 0 bridgehead atoms. The molecule has 1 saturated heterocycles. The Bertz CT molecular complexity index is 500. The molecule has 0 saturated carbocycles. The Balaban J connectivity index is 1.87. The van der Waals surface area contributed by atoms with Crippen molar-refractivity contribution in [2.24, 2.45) is 5.92 Å². The van der Waals surface area contributed by atoms with Gasteiger partial charge in [-0.05, 0) is 18.1 Å². The van der Waals surface area contributed by atoms with Crippen LogP contribution in [0.15, 0.2) is 18.2 Å². The Labute approximate surface area is 123 Å². The number of benzene rings is 1. The zero-order valence-electron chi connectivity index (χ0n) is 12.4. The van der Waals surface area contributed by atoms with Crippen molar-refractivity contribution in [1.29, 1.82) is 0 Å². The second kappa shape index (κ2) is 6.85. The number of nitrogens with zero attached hydrogens (tertiary/aromatic N) is 2. The lowest BCUT2D eigenvalue weighted by molar-refractivity contribution is 0.138. The monoisotopic (exact) mass is 297 g/mol. The minimum atomic E-state index is -0.762. The highest BCUT2D eigenvalue weighted by atomic mass is 19.1. The topological polar surface area (TPSA) is 35.6 Å². The quantitative estimate of drug-likeness (QED) is 0.931. The molecule has 0 radical (unpaired) electrons. The van der Waals surface area contributed by atoms with Gasteiger partial charge >= 0.3 is 6.03 Å². The van der Waals surface area contributed by atoms with Crippen LogP contribution in [0.5, 0.6) is 0 Å². The number of amides is 2. The van der Waals surface area contributed by atoms with Crippen LogP contribution < -0.4 is 5.32 Å². The van der Waals surface area contributed by atoms with Crippen LogP contribution in [0.3, 0.4) is 0 Å². The van der Waals surface area contributed by atoms with Crippen LogP contribution in [0.4, 0.5) is 19.3 Å². The van der Waals surface area contributed by atoms with Crippen molar-refractivity contribution in [2.75, 3.05) is 38.0 Å². The highest BCUT2D eigenvalue weighted by Gasteiger charge is 2.22. The van der Waals surface area contributed by atoms with E-state index in [0.29, 0.717) is 19.0 Å². The summed E-state index contributed by atoms with van der Waals surface area (Å²) in [6, 6.07) is 2.78. The van der Waals surface area contributed by atoms with Crippen LogP contribution in [-0.4, -0.2) is 48.6 Å². The van der Waals surface area contributed by atoms with Gasteiger partial charge < -0.3 is 10.2 Å². The van der Waals surface area contributed by atoms with E-state index < -0.39 is 11.6 Å². The van der Waals surface area contributed by atoms with Crippen LogP contribution in [0.1, 0.15) is 13.8 Å². The van der Waals surface area contributed by atoms with Crippen molar-refractivity contribution in [3.05, 3.63) is 29.8 Å². The standard InChI is InChI=1S/C15H21F2N3O/c1-11(2)10-19-5-7-20(8-6-19)15(21)18-14-4-3-12(16)9-13(14)17/h3-4,9,11H,5-8,10H2,1-2H3,(H,18,21). The molecule has 0 unspecified atom stereocenters. The predicted molar refractivity (Wildman–Crippen MR) is 78.2 cm³/mol. The third kappa shape index (κ3) is 4.39. The molecule has 1 fully saturated rings. The number of carbonyl (C=O) groups is 1. The number of anilines is 1. The van der Waals surface area contributed by atoms with Crippen LogP contribution in [0.25, 0.3) is 0 Å². The van der Waals surface area contributed by atoms with Gasteiger partial charge in [0.1, 0.15) is 11.6 Å². The molecule has 0 atom stereocenters.